The first-order chi connectivity index (χ1) is 8.56. The molecule has 0 amide bonds. The van der Waals surface area contributed by atoms with E-state index in [0.29, 0.717) is 11.1 Å². The quantitative estimate of drug-likeness (QED) is 0.798. The minimum absolute atomic E-state index is 0.0953. The van der Waals surface area contributed by atoms with Crippen molar-refractivity contribution in [2.24, 2.45) is 0 Å². The molecular weight excluding hydrogens is 250 g/mol. The predicted molar refractivity (Wildman–Crippen MR) is 74.2 cm³/mol. The molecule has 1 atom stereocenters. The SMILES string of the molecule is COC(=O)c1nc(C)cc(NCCC(C)SC)n1. The number of methoxy groups -OCH3 is 1. The summed E-state index contributed by atoms with van der Waals surface area (Å²) in [7, 11) is 1.32. The highest BCUT2D eigenvalue weighted by Gasteiger charge is 2.11. The number of aryl methyl sites for hydroxylation is 1. The van der Waals surface area contributed by atoms with Crippen LogP contribution in [0.2, 0.25) is 0 Å². The van der Waals surface area contributed by atoms with Gasteiger partial charge in [0.2, 0.25) is 5.82 Å². The van der Waals surface area contributed by atoms with E-state index in [9.17, 15) is 4.79 Å². The van der Waals surface area contributed by atoms with Crippen LogP contribution < -0.4 is 5.32 Å². The number of nitrogens with zero attached hydrogens (tertiary/aromatic N) is 2. The number of carbonyl (C=O) groups excluding carboxylic acids is 1. The highest BCUT2D eigenvalue weighted by atomic mass is 32.2. The Hall–Kier alpha value is -1.30. The van der Waals surface area contributed by atoms with Gasteiger partial charge in [0.1, 0.15) is 5.82 Å². The fourth-order valence-electron chi connectivity index (χ4n) is 1.36. The van der Waals surface area contributed by atoms with E-state index in [0.717, 1.165) is 18.7 Å². The van der Waals surface area contributed by atoms with Gasteiger partial charge in [0.15, 0.2) is 0 Å². The second-order valence-electron chi connectivity index (χ2n) is 3.97. The number of hydrogen-bond acceptors (Lipinski definition) is 6. The van der Waals surface area contributed by atoms with Crippen LogP contribution in [0, 0.1) is 6.92 Å². The van der Waals surface area contributed by atoms with E-state index in [-0.39, 0.29) is 5.82 Å². The lowest BCUT2D eigenvalue weighted by Gasteiger charge is -2.10. The fraction of sp³-hybridized carbons (Fsp3) is 0.583. The van der Waals surface area contributed by atoms with Crippen molar-refractivity contribution in [2.45, 2.75) is 25.5 Å². The van der Waals surface area contributed by atoms with Gasteiger partial charge in [-0.25, -0.2) is 14.8 Å². The molecule has 0 fully saturated rings. The molecule has 5 nitrogen and oxygen atoms in total. The van der Waals surface area contributed by atoms with Gasteiger partial charge in [0.25, 0.3) is 0 Å². The number of thioether (sulfide) groups is 1. The second-order valence-corrected chi connectivity index (χ2v) is 5.25. The minimum atomic E-state index is -0.515. The van der Waals surface area contributed by atoms with E-state index in [1.807, 2.05) is 24.8 Å². The Morgan fingerprint density at radius 3 is 2.89 bits per heavy atom. The van der Waals surface area contributed by atoms with Crippen LogP contribution in [0.15, 0.2) is 6.07 Å². The van der Waals surface area contributed by atoms with Crippen LogP contribution in [0.25, 0.3) is 0 Å². The van der Waals surface area contributed by atoms with Crippen LogP contribution in [0.3, 0.4) is 0 Å². The third-order valence-corrected chi connectivity index (χ3v) is 3.52. The Kier molecular flexibility index (Phi) is 5.91. The maximum absolute atomic E-state index is 11.4. The number of hydrogen-bond donors (Lipinski definition) is 1. The molecule has 6 heteroatoms. The predicted octanol–water partition coefficient (Wildman–Crippen LogP) is 2.13. The molecule has 18 heavy (non-hydrogen) atoms. The van der Waals surface area contributed by atoms with Crippen molar-refractivity contribution in [3.63, 3.8) is 0 Å². The highest BCUT2D eigenvalue weighted by molar-refractivity contribution is 7.99. The maximum Gasteiger partial charge on any atom is 0.376 e. The second kappa shape index (κ2) is 7.20. The molecule has 0 aromatic carbocycles. The van der Waals surface area contributed by atoms with Gasteiger partial charge in [-0.3, -0.25) is 0 Å². The average molecular weight is 269 g/mol. The third kappa shape index (κ3) is 4.52. The average Bonchev–Trinajstić information content (AvgIpc) is 2.36. The summed E-state index contributed by atoms with van der Waals surface area (Å²) >= 11 is 1.83. The molecule has 1 N–H and O–H groups in total. The number of esters is 1. The summed E-state index contributed by atoms with van der Waals surface area (Å²) in [5.74, 6) is 0.244. The zero-order chi connectivity index (χ0) is 13.5. The Morgan fingerprint density at radius 1 is 1.56 bits per heavy atom. The highest BCUT2D eigenvalue weighted by Crippen LogP contribution is 2.11. The number of anilines is 1. The van der Waals surface area contributed by atoms with Gasteiger partial charge in [-0.1, -0.05) is 6.92 Å². The zero-order valence-corrected chi connectivity index (χ0v) is 12.0. The van der Waals surface area contributed by atoms with E-state index in [1.54, 1.807) is 0 Å². The topological polar surface area (TPSA) is 64.1 Å². The first kappa shape index (κ1) is 14.8. The summed E-state index contributed by atoms with van der Waals surface area (Å²) in [6, 6.07) is 1.82. The Balaban J connectivity index is 2.65. The van der Waals surface area contributed by atoms with Crippen LogP contribution in [-0.2, 0) is 4.74 Å². The molecule has 0 radical (unpaired) electrons. The lowest BCUT2D eigenvalue weighted by Crippen LogP contribution is -2.13. The number of nitrogens with one attached hydrogen (secondary N) is 1. The van der Waals surface area contributed by atoms with Gasteiger partial charge in [-0.05, 0) is 19.6 Å². The van der Waals surface area contributed by atoms with Crippen LogP contribution in [0.5, 0.6) is 0 Å². The Labute approximate surface area is 112 Å². The molecule has 1 aromatic rings. The van der Waals surface area contributed by atoms with Crippen LogP contribution >= 0.6 is 11.8 Å². The molecule has 0 saturated carbocycles. The molecule has 1 aromatic heterocycles. The van der Waals surface area contributed by atoms with E-state index < -0.39 is 5.97 Å². The maximum atomic E-state index is 11.4. The van der Waals surface area contributed by atoms with Gasteiger partial charge in [-0.2, -0.15) is 11.8 Å². The van der Waals surface area contributed by atoms with E-state index in [2.05, 4.69) is 33.2 Å². The summed E-state index contributed by atoms with van der Waals surface area (Å²) in [6.45, 7) is 4.82. The van der Waals surface area contributed by atoms with Gasteiger partial charge in [0.05, 0.1) is 7.11 Å². The summed E-state index contributed by atoms with van der Waals surface area (Å²) in [5.41, 5.74) is 0.741. The first-order valence-electron chi connectivity index (χ1n) is 5.77. The number of ether oxygens (including phenoxy) is 1. The van der Waals surface area contributed by atoms with Crippen molar-refractivity contribution < 1.29 is 9.53 Å². The summed E-state index contributed by atoms with van der Waals surface area (Å²) in [5, 5.41) is 3.80. The third-order valence-electron chi connectivity index (χ3n) is 2.48. The van der Waals surface area contributed by atoms with Crippen molar-refractivity contribution in [1.82, 2.24) is 9.97 Å². The van der Waals surface area contributed by atoms with Gasteiger partial charge >= 0.3 is 5.97 Å². The monoisotopic (exact) mass is 269 g/mol. The molecule has 0 aliphatic heterocycles. The Bertz CT molecular complexity index is 412. The molecule has 0 saturated heterocycles. The molecule has 0 aliphatic carbocycles. The zero-order valence-electron chi connectivity index (χ0n) is 11.2. The molecule has 1 heterocycles. The number of carbonyl (C=O) groups is 1. The summed E-state index contributed by atoms with van der Waals surface area (Å²) < 4.78 is 4.61. The van der Waals surface area contributed by atoms with Crippen LogP contribution in [-0.4, -0.2) is 41.1 Å². The lowest BCUT2D eigenvalue weighted by molar-refractivity contribution is 0.0586. The number of rotatable bonds is 6. The molecule has 0 aliphatic rings. The standard InChI is InChI=1S/C12H19N3O2S/c1-8-7-10(13-6-5-9(2)18-4)15-11(14-8)12(16)17-3/h7,9H,5-6H2,1-4H3,(H,13,14,15). The lowest BCUT2D eigenvalue weighted by atomic mass is 10.3. The molecule has 1 rings (SSSR count). The largest absolute Gasteiger partial charge is 0.463 e. The Morgan fingerprint density at radius 2 is 2.28 bits per heavy atom. The minimum Gasteiger partial charge on any atom is -0.463 e. The van der Waals surface area contributed by atoms with E-state index in [4.69, 9.17) is 0 Å². The van der Waals surface area contributed by atoms with Crippen molar-refractivity contribution >= 4 is 23.5 Å². The molecule has 0 spiro atoms. The van der Waals surface area contributed by atoms with Gasteiger partial charge < -0.3 is 10.1 Å². The normalized spacial score (nSPS) is 12.0. The van der Waals surface area contributed by atoms with Crippen molar-refractivity contribution in [2.75, 3.05) is 25.2 Å². The molecule has 1 unspecified atom stereocenters. The van der Waals surface area contributed by atoms with Crippen molar-refractivity contribution in [3.8, 4) is 0 Å². The summed E-state index contributed by atoms with van der Waals surface area (Å²) in [4.78, 5) is 19.5. The fourth-order valence-corrected chi connectivity index (χ4v) is 1.72. The van der Waals surface area contributed by atoms with Gasteiger partial charge in [-0.15, -0.1) is 0 Å². The van der Waals surface area contributed by atoms with Crippen molar-refractivity contribution in [3.05, 3.63) is 17.6 Å². The van der Waals surface area contributed by atoms with Gasteiger partial charge in [0, 0.05) is 23.6 Å². The number of aromatic nitrogens is 2. The van der Waals surface area contributed by atoms with E-state index in [1.165, 1.54) is 7.11 Å². The molecule has 100 valence electrons. The first-order valence-corrected chi connectivity index (χ1v) is 7.06. The molecular formula is C12H19N3O2S. The summed E-state index contributed by atoms with van der Waals surface area (Å²) in [6.07, 6.45) is 3.13. The van der Waals surface area contributed by atoms with Crippen LogP contribution in [0.4, 0.5) is 5.82 Å². The van der Waals surface area contributed by atoms with Crippen LogP contribution in [0.1, 0.15) is 29.7 Å². The van der Waals surface area contributed by atoms with Crippen molar-refractivity contribution in [1.29, 1.82) is 0 Å². The molecule has 0 bridgehead atoms. The van der Waals surface area contributed by atoms with E-state index >= 15 is 0 Å². The smallest absolute Gasteiger partial charge is 0.376 e.